The van der Waals surface area contributed by atoms with Crippen LogP contribution >= 0.6 is 11.6 Å². The summed E-state index contributed by atoms with van der Waals surface area (Å²) >= 11 is 6.26. The highest BCUT2D eigenvalue weighted by molar-refractivity contribution is 6.31. The SMILES string of the molecule is CCn1nc(C)c(Cl)c1CC1(N)CCC(C(F)(F)F)CC1. The predicted molar refractivity (Wildman–Crippen MR) is 76.3 cm³/mol. The van der Waals surface area contributed by atoms with Crippen molar-refractivity contribution in [2.45, 2.75) is 64.2 Å². The molecular weight excluding hydrogens is 303 g/mol. The van der Waals surface area contributed by atoms with E-state index in [4.69, 9.17) is 17.3 Å². The van der Waals surface area contributed by atoms with Crippen molar-refractivity contribution < 1.29 is 13.2 Å². The number of aromatic nitrogens is 2. The van der Waals surface area contributed by atoms with Gasteiger partial charge in [0.05, 0.1) is 22.3 Å². The Balaban J connectivity index is 2.10. The lowest BCUT2D eigenvalue weighted by atomic mass is 9.74. The van der Waals surface area contributed by atoms with Crippen LogP contribution < -0.4 is 5.73 Å². The zero-order chi connectivity index (χ0) is 15.8. The van der Waals surface area contributed by atoms with Crippen molar-refractivity contribution in [1.29, 1.82) is 0 Å². The Bertz CT molecular complexity index is 502. The number of rotatable bonds is 3. The van der Waals surface area contributed by atoms with Crippen molar-refractivity contribution in [3.63, 3.8) is 0 Å². The van der Waals surface area contributed by atoms with Crippen molar-refractivity contribution >= 4 is 11.6 Å². The van der Waals surface area contributed by atoms with Gasteiger partial charge in [0.25, 0.3) is 0 Å². The first kappa shape index (κ1) is 16.6. The van der Waals surface area contributed by atoms with Crippen molar-refractivity contribution in [3.05, 3.63) is 16.4 Å². The van der Waals surface area contributed by atoms with Gasteiger partial charge in [0.2, 0.25) is 0 Å². The van der Waals surface area contributed by atoms with Gasteiger partial charge >= 0.3 is 6.18 Å². The van der Waals surface area contributed by atoms with Gasteiger partial charge < -0.3 is 5.73 Å². The number of hydrogen-bond donors (Lipinski definition) is 1. The molecule has 0 aromatic carbocycles. The molecule has 120 valence electrons. The highest BCUT2D eigenvalue weighted by atomic mass is 35.5. The highest BCUT2D eigenvalue weighted by Gasteiger charge is 2.44. The molecule has 2 N–H and O–H groups in total. The number of alkyl halides is 3. The summed E-state index contributed by atoms with van der Waals surface area (Å²) < 4.78 is 40.0. The number of halogens is 4. The summed E-state index contributed by atoms with van der Waals surface area (Å²) in [5.74, 6) is -1.22. The second-order valence-corrected chi connectivity index (χ2v) is 6.39. The molecule has 1 aromatic rings. The van der Waals surface area contributed by atoms with E-state index in [1.807, 2.05) is 13.8 Å². The van der Waals surface area contributed by atoms with E-state index >= 15 is 0 Å². The maximum atomic E-state index is 12.7. The smallest absolute Gasteiger partial charge is 0.325 e. The summed E-state index contributed by atoms with van der Waals surface area (Å²) in [6.45, 7) is 4.45. The first-order valence-corrected chi connectivity index (χ1v) is 7.61. The lowest BCUT2D eigenvalue weighted by Gasteiger charge is -2.38. The molecule has 1 fully saturated rings. The van der Waals surface area contributed by atoms with Gasteiger partial charge in [0.1, 0.15) is 0 Å². The van der Waals surface area contributed by atoms with Crippen LogP contribution in [0.4, 0.5) is 13.2 Å². The molecule has 1 aliphatic carbocycles. The zero-order valence-corrected chi connectivity index (χ0v) is 13.1. The fourth-order valence-electron chi connectivity index (χ4n) is 3.07. The summed E-state index contributed by atoms with van der Waals surface area (Å²) in [4.78, 5) is 0. The van der Waals surface area contributed by atoms with Crippen LogP contribution in [0.2, 0.25) is 5.02 Å². The molecule has 0 bridgehead atoms. The third-order valence-corrected chi connectivity index (χ3v) is 4.91. The zero-order valence-electron chi connectivity index (χ0n) is 12.3. The Labute approximate surface area is 127 Å². The Morgan fingerprint density at radius 2 is 1.95 bits per heavy atom. The number of aryl methyl sites for hydroxylation is 2. The van der Waals surface area contributed by atoms with Crippen molar-refractivity contribution in [2.24, 2.45) is 11.7 Å². The van der Waals surface area contributed by atoms with Gasteiger partial charge in [-0.15, -0.1) is 0 Å². The van der Waals surface area contributed by atoms with Gasteiger partial charge in [-0.25, -0.2) is 0 Å². The van der Waals surface area contributed by atoms with E-state index in [1.54, 1.807) is 4.68 Å². The van der Waals surface area contributed by atoms with Gasteiger partial charge in [0.15, 0.2) is 0 Å². The van der Waals surface area contributed by atoms with Crippen LogP contribution in [0.3, 0.4) is 0 Å². The van der Waals surface area contributed by atoms with Crippen molar-refractivity contribution in [3.8, 4) is 0 Å². The molecule has 0 radical (unpaired) electrons. The quantitative estimate of drug-likeness (QED) is 0.918. The maximum Gasteiger partial charge on any atom is 0.391 e. The molecular formula is C14H21ClF3N3. The molecule has 21 heavy (non-hydrogen) atoms. The molecule has 0 atom stereocenters. The second kappa shape index (κ2) is 5.80. The molecule has 0 saturated heterocycles. The minimum Gasteiger partial charge on any atom is -0.325 e. The Kier molecular flexibility index (Phi) is 4.59. The normalized spacial score (nSPS) is 27.1. The molecule has 0 aliphatic heterocycles. The fourth-order valence-corrected chi connectivity index (χ4v) is 3.27. The Morgan fingerprint density at radius 1 is 1.38 bits per heavy atom. The number of nitrogens with two attached hydrogens (primary N) is 1. The van der Waals surface area contributed by atoms with Gasteiger partial charge in [-0.05, 0) is 39.5 Å². The molecule has 0 amide bonds. The van der Waals surface area contributed by atoms with Crippen molar-refractivity contribution in [1.82, 2.24) is 9.78 Å². The molecule has 7 heteroatoms. The van der Waals surface area contributed by atoms with Gasteiger partial charge in [-0.3, -0.25) is 4.68 Å². The maximum absolute atomic E-state index is 12.7. The Morgan fingerprint density at radius 3 is 2.43 bits per heavy atom. The molecule has 1 heterocycles. The molecule has 1 aromatic heterocycles. The average molecular weight is 324 g/mol. The van der Waals surface area contributed by atoms with E-state index in [2.05, 4.69) is 5.10 Å². The molecule has 0 unspecified atom stereocenters. The fraction of sp³-hybridized carbons (Fsp3) is 0.786. The summed E-state index contributed by atoms with van der Waals surface area (Å²) in [7, 11) is 0. The van der Waals surface area contributed by atoms with Crippen LogP contribution in [0.25, 0.3) is 0 Å². The summed E-state index contributed by atoms with van der Waals surface area (Å²) in [5, 5.41) is 4.91. The van der Waals surface area contributed by atoms with Crippen LogP contribution in [-0.2, 0) is 13.0 Å². The molecule has 3 nitrogen and oxygen atoms in total. The summed E-state index contributed by atoms with van der Waals surface area (Å²) in [5.41, 5.74) is 7.29. The monoisotopic (exact) mass is 323 g/mol. The first-order chi connectivity index (χ1) is 9.66. The largest absolute Gasteiger partial charge is 0.391 e. The standard InChI is InChI=1S/C14H21ClF3N3/c1-3-21-11(12(15)9(2)20-21)8-13(19)6-4-10(5-7-13)14(16,17)18/h10H,3-8,19H2,1-2H3. The predicted octanol–water partition coefficient (Wildman–Crippen LogP) is 3.86. The van der Waals surface area contributed by atoms with E-state index < -0.39 is 17.6 Å². The van der Waals surface area contributed by atoms with E-state index in [-0.39, 0.29) is 12.8 Å². The van der Waals surface area contributed by atoms with Gasteiger partial charge in [-0.1, -0.05) is 11.6 Å². The minimum atomic E-state index is -4.11. The highest BCUT2D eigenvalue weighted by Crippen LogP contribution is 2.41. The van der Waals surface area contributed by atoms with E-state index in [1.165, 1.54) is 0 Å². The lowest BCUT2D eigenvalue weighted by Crippen LogP contribution is -2.47. The van der Waals surface area contributed by atoms with E-state index in [0.717, 1.165) is 11.4 Å². The summed E-state index contributed by atoms with van der Waals surface area (Å²) in [6.07, 6.45) is -2.72. The van der Waals surface area contributed by atoms with Crippen molar-refractivity contribution in [2.75, 3.05) is 0 Å². The third-order valence-electron chi connectivity index (χ3n) is 4.42. The van der Waals surface area contributed by atoms with E-state index in [9.17, 15) is 13.2 Å². The molecule has 1 aliphatic rings. The van der Waals surface area contributed by atoms with Crippen LogP contribution in [0.1, 0.15) is 44.0 Å². The topological polar surface area (TPSA) is 43.8 Å². The van der Waals surface area contributed by atoms with Crippen LogP contribution in [-0.4, -0.2) is 21.5 Å². The number of nitrogens with zero attached hydrogens (tertiary/aromatic N) is 2. The third kappa shape index (κ3) is 3.54. The van der Waals surface area contributed by atoms with Crippen LogP contribution in [0.15, 0.2) is 0 Å². The van der Waals surface area contributed by atoms with Gasteiger partial charge in [0, 0.05) is 18.5 Å². The van der Waals surface area contributed by atoms with Crippen LogP contribution in [0, 0.1) is 12.8 Å². The molecule has 1 saturated carbocycles. The number of hydrogen-bond acceptors (Lipinski definition) is 2. The Hall–Kier alpha value is -0.750. The average Bonchev–Trinajstić information content (AvgIpc) is 2.65. The minimum absolute atomic E-state index is 0.0941. The molecule has 2 rings (SSSR count). The van der Waals surface area contributed by atoms with Crippen LogP contribution in [0.5, 0.6) is 0 Å². The summed E-state index contributed by atoms with van der Waals surface area (Å²) in [6, 6.07) is 0. The van der Waals surface area contributed by atoms with E-state index in [0.29, 0.717) is 30.8 Å². The van der Waals surface area contributed by atoms with Gasteiger partial charge in [-0.2, -0.15) is 18.3 Å². The molecule has 0 spiro atoms. The first-order valence-electron chi connectivity index (χ1n) is 7.23. The lowest BCUT2D eigenvalue weighted by molar-refractivity contribution is -0.184. The second-order valence-electron chi connectivity index (χ2n) is 6.02.